The molecule has 0 atom stereocenters. The fourth-order valence-corrected chi connectivity index (χ4v) is 13.7. The summed E-state index contributed by atoms with van der Waals surface area (Å²) in [5.41, 5.74) is 15.8. The Morgan fingerprint density at radius 3 is 1.79 bits per heavy atom. The van der Waals surface area contributed by atoms with Gasteiger partial charge in [0.25, 0.3) is 0 Å². The molecule has 0 saturated carbocycles. The summed E-state index contributed by atoms with van der Waals surface area (Å²) in [5.74, 6) is 1.83. The third-order valence-electron chi connectivity index (χ3n) is 14.1. The molecule has 3 heterocycles. The van der Waals surface area contributed by atoms with Gasteiger partial charge in [-0.25, -0.2) is 0 Å². The van der Waals surface area contributed by atoms with E-state index >= 15 is 0 Å². The molecule has 62 heavy (non-hydrogen) atoms. The number of thiophene rings is 2. The fraction of sp³-hybridized carbons (Fsp3) is 0.0690. The van der Waals surface area contributed by atoms with Crippen molar-refractivity contribution in [2.75, 3.05) is 4.90 Å². The van der Waals surface area contributed by atoms with Crippen molar-refractivity contribution in [2.24, 2.45) is 0 Å². The molecule has 4 heteroatoms. The lowest BCUT2D eigenvalue weighted by molar-refractivity contribution is 0.436. The van der Waals surface area contributed by atoms with Gasteiger partial charge in [-0.15, -0.1) is 22.7 Å². The van der Waals surface area contributed by atoms with Gasteiger partial charge in [0.2, 0.25) is 0 Å². The number of rotatable bonds is 3. The van der Waals surface area contributed by atoms with Gasteiger partial charge in [-0.2, -0.15) is 0 Å². The molecular formula is C58H37NOS2. The minimum atomic E-state index is -0.510. The highest BCUT2D eigenvalue weighted by molar-refractivity contribution is 7.26. The molecule has 0 N–H and O–H groups in total. The van der Waals surface area contributed by atoms with Crippen LogP contribution in [0.15, 0.2) is 188 Å². The number of fused-ring (bicyclic) bond motifs is 18. The standard InChI is InChI=1S/C58H37NOS2/c1-57(2)43-17-6-3-14-36(43)38-28-26-35(31-47(38)57)59(34-27-29-53-41(30-34)39-16-5-12-24-52(39)61-53)49-21-13-25-54-56(49)42-32-40-37-15-4-7-18-44(37)58(48(40)33-55(42)62-54)45-19-8-10-22-50(45)60-51-23-11-9-20-46(51)58/h3-33H,1-2H3. The molecule has 2 aromatic heterocycles. The van der Waals surface area contributed by atoms with Crippen LogP contribution >= 0.6 is 22.7 Å². The van der Waals surface area contributed by atoms with Gasteiger partial charge in [-0.05, 0) is 117 Å². The molecule has 2 nitrogen and oxygen atoms in total. The zero-order chi connectivity index (χ0) is 40.9. The fourth-order valence-electron chi connectivity index (χ4n) is 11.4. The largest absolute Gasteiger partial charge is 0.457 e. The SMILES string of the molecule is CC1(C)c2ccccc2-c2ccc(N(c3ccc4sc5ccccc5c4c3)c3cccc4sc5cc6c(cc5c34)-c3ccccc3C63c4ccccc4Oc4ccccc43)cc21. The normalized spacial score (nSPS) is 14.7. The summed E-state index contributed by atoms with van der Waals surface area (Å²) in [6, 6.07) is 70.3. The van der Waals surface area contributed by atoms with Crippen LogP contribution in [0.4, 0.5) is 17.1 Å². The van der Waals surface area contributed by atoms with Crippen LogP contribution in [0.3, 0.4) is 0 Å². The van der Waals surface area contributed by atoms with Crippen molar-refractivity contribution < 1.29 is 4.74 Å². The minimum absolute atomic E-state index is 0.131. The lowest BCUT2D eigenvalue weighted by Gasteiger charge is -2.39. The number of benzene rings is 9. The summed E-state index contributed by atoms with van der Waals surface area (Å²) in [6.45, 7) is 4.76. The number of ether oxygens (including phenoxy) is 1. The second-order valence-corrected chi connectivity index (χ2v) is 19.7. The molecule has 14 rings (SSSR count). The van der Waals surface area contributed by atoms with E-state index in [0.717, 1.165) is 22.9 Å². The molecule has 9 aromatic carbocycles. The minimum Gasteiger partial charge on any atom is -0.457 e. The van der Waals surface area contributed by atoms with Gasteiger partial charge < -0.3 is 9.64 Å². The molecule has 1 spiro atoms. The van der Waals surface area contributed by atoms with Crippen molar-refractivity contribution >= 4 is 80.1 Å². The van der Waals surface area contributed by atoms with E-state index in [9.17, 15) is 0 Å². The van der Waals surface area contributed by atoms with E-state index in [-0.39, 0.29) is 5.41 Å². The molecule has 1 aliphatic heterocycles. The maximum atomic E-state index is 6.66. The Morgan fingerprint density at radius 1 is 0.387 bits per heavy atom. The van der Waals surface area contributed by atoms with Crippen LogP contribution in [0.2, 0.25) is 0 Å². The first-order valence-electron chi connectivity index (χ1n) is 21.4. The van der Waals surface area contributed by atoms with Crippen molar-refractivity contribution in [1.82, 2.24) is 0 Å². The Labute approximate surface area is 367 Å². The zero-order valence-electron chi connectivity index (χ0n) is 34.1. The molecule has 0 bridgehead atoms. The van der Waals surface area contributed by atoms with E-state index in [1.54, 1.807) is 0 Å². The van der Waals surface area contributed by atoms with Gasteiger partial charge in [0.05, 0.1) is 11.1 Å². The molecular weight excluding hydrogens is 791 g/mol. The van der Waals surface area contributed by atoms with Crippen LogP contribution in [0, 0.1) is 0 Å². The quantitative estimate of drug-likeness (QED) is 0.176. The second-order valence-electron chi connectivity index (χ2n) is 17.6. The summed E-state index contributed by atoms with van der Waals surface area (Å²) in [6.07, 6.45) is 0. The first-order valence-corrected chi connectivity index (χ1v) is 23.0. The lowest BCUT2D eigenvalue weighted by Crippen LogP contribution is -2.32. The average molecular weight is 828 g/mol. The number of para-hydroxylation sites is 2. The Balaban J connectivity index is 1.05. The number of anilines is 3. The Kier molecular flexibility index (Phi) is 6.90. The third kappa shape index (κ3) is 4.43. The van der Waals surface area contributed by atoms with E-state index in [1.165, 1.54) is 102 Å². The first-order chi connectivity index (χ1) is 30.5. The molecule has 3 aliphatic rings. The molecule has 0 saturated heterocycles. The van der Waals surface area contributed by atoms with Crippen molar-refractivity contribution in [3.05, 3.63) is 221 Å². The van der Waals surface area contributed by atoms with E-state index < -0.39 is 5.41 Å². The maximum Gasteiger partial charge on any atom is 0.132 e. The highest BCUT2D eigenvalue weighted by Crippen LogP contribution is 2.63. The van der Waals surface area contributed by atoms with Crippen LogP contribution in [0.25, 0.3) is 62.6 Å². The summed E-state index contributed by atoms with van der Waals surface area (Å²) < 4.78 is 11.8. The lowest BCUT2D eigenvalue weighted by atomic mass is 9.66. The molecule has 11 aromatic rings. The Bertz CT molecular complexity index is 3690. The van der Waals surface area contributed by atoms with Crippen molar-refractivity contribution in [1.29, 1.82) is 0 Å². The van der Waals surface area contributed by atoms with Crippen molar-refractivity contribution in [3.63, 3.8) is 0 Å². The smallest absolute Gasteiger partial charge is 0.132 e. The topological polar surface area (TPSA) is 12.5 Å². The van der Waals surface area contributed by atoms with Gasteiger partial charge in [-0.1, -0.05) is 129 Å². The average Bonchev–Trinajstić information content (AvgIpc) is 4.02. The van der Waals surface area contributed by atoms with E-state index in [4.69, 9.17) is 4.74 Å². The molecule has 2 aliphatic carbocycles. The van der Waals surface area contributed by atoms with E-state index in [1.807, 2.05) is 22.7 Å². The molecule has 292 valence electrons. The highest BCUT2D eigenvalue weighted by Gasteiger charge is 2.51. The zero-order valence-corrected chi connectivity index (χ0v) is 35.7. The van der Waals surface area contributed by atoms with Crippen LogP contribution in [-0.4, -0.2) is 0 Å². The number of nitrogens with zero attached hydrogens (tertiary/aromatic N) is 1. The van der Waals surface area contributed by atoms with Crippen LogP contribution in [-0.2, 0) is 10.8 Å². The van der Waals surface area contributed by atoms with Crippen LogP contribution in [0.5, 0.6) is 11.5 Å². The molecule has 0 fully saturated rings. The number of hydrogen-bond acceptors (Lipinski definition) is 4. The predicted molar refractivity (Wildman–Crippen MR) is 262 cm³/mol. The van der Waals surface area contributed by atoms with E-state index in [0.29, 0.717) is 0 Å². The first kappa shape index (κ1) is 34.7. The van der Waals surface area contributed by atoms with Gasteiger partial charge in [-0.3, -0.25) is 0 Å². The molecule has 0 amide bonds. The van der Waals surface area contributed by atoms with Gasteiger partial charge in [0.15, 0.2) is 0 Å². The predicted octanol–water partition coefficient (Wildman–Crippen LogP) is 16.7. The summed E-state index contributed by atoms with van der Waals surface area (Å²) in [5, 5.41) is 5.15. The van der Waals surface area contributed by atoms with Crippen molar-refractivity contribution in [3.8, 4) is 33.8 Å². The molecule has 0 radical (unpaired) electrons. The summed E-state index contributed by atoms with van der Waals surface area (Å²) in [4.78, 5) is 2.54. The molecule has 0 unspecified atom stereocenters. The second kappa shape index (κ2) is 12.3. The van der Waals surface area contributed by atoms with E-state index in [2.05, 4.69) is 207 Å². The highest BCUT2D eigenvalue weighted by atomic mass is 32.1. The van der Waals surface area contributed by atoms with Gasteiger partial charge >= 0.3 is 0 Å². The van der Waals surface area contributed by atoms with Gasteiger partial charge in [0.1, 0.15) is 11.5 Å². The van der Waals surface area contributed by atoms with Crippen LogP contribution in [0.1, 0.15) is 47.2 Å². The monoisotopic (exact) mass is 827 g/mol. The summed E-state index contributed by atoms with van der Waals surface area (Å²) in [7, 11) is 0. The Morgan fingerprint density at radius 2 is 0.984 bits per heavy atom. The van der Waals surface area contributed by atoms with Crippen molar-refractivity contribution in [2.45, 2.75) is 24.7 Å². The number of hydrogen-bond donors (Lipinski definition) is 0. The van der Waals surface area contributed by atoms with Crippen LogP contribution < -0.4 is 9.64 Å². The maximum absolute atomic E-state index is 6.66. The third-order valence-corrected chi connectivity index (χ3v) is 16.4. The summed E-state index contributed by atoms with van der Waals surface area (Å²) >= 11 is 3.77. The Hall–Kier alpha value is -6.98. The van der Waals surface area contributed by atoms with Gasteiger partial charge in [0, 0.05) is 68.3 Å².